The average Bonchev–Trinajstić information content (AvgIpc) is 3.16. The summed E-state index contributed by atoms with van der Waals surface area (Å²) in [6.07, 6.45) is 3.34. The number of nitrogens with zero attached hydrogens (tertiary/aromatic N) is 4. The molecule has 0 atom stereocenters. The van der Waals surface area contributed by atoms with E-state index in [-0.39, 0.29) is 11.6 Å². The third-order valence-corrected chi connectivity index (χ3v) is 5.62. The maximum atomic E-state index is 13.0. The molecule has 9 heteroatoms. The standard InChI is InChI=1S/C25H26N6O3/c1-29(2)13-14-30(3)19-8-6-18(7-9-19)27-24(17-5-4-12-26-16-17)23-21-11-10-20(31(33)34)15-22(21)28-25(23)32/h4-12,15-16,27H,13-14H2,1-3H3,(H,28,32)/b24-23-. The molecule has 0 unspecified atom stereocenters. The lowest BCUT2D eigenvalue weighted by molar-refractivity contribution is -0.384. The quantitative estimate of drug-likeness (QED) is 0.300. The Morgan fingerprint density at radius 1 is 1.09 bits per heavy atom. The minimum absolute atomic E-state index is 0.0786. The first-order chi connectivity index (χ1) is 16.3. The number of nitro benzene ring substituents is 1. The van der Waals surface area contributed by atoms with Crippen molar-refractivity contribution in [2.75, 3.05) is 49.8 Å². The molecule has 1 aliphatic rings. The molecule has 34 heavy (non-hydrogen) atoms. The number of likely N-dealkylation sites (N-methyl/N-ethyl adjacent to an activating group) is 2. The van der Waals surface area contributed by atoms with Crippen molar-refractivity contribution in [3.05, 3.63) is 88.2 Å². The zero-order valence-corrected chi connectivity index (χ0v) is 19.3. The van der Waals surface area contributed by atoms with Gasteiger partial charge in [0, 0.05) is 67.2 Å². The van der Waals surface area contributed by atoms with Crippen molar-refractivity contribution in [3.8, 4) is 0 Å². The molecule has 2 N–H and O–H groups in total. The Kier molecular flexibility index (Phi) is 6.55. The number of hydrogen-bond acceptors (Lipinski definition) is 7. The molecule has 0 saturated heterocycles. The predicted octanol–water partition coefficient (Wildman–Crippen LogP) is 3.92. The fourth-order valence-corrected chi connectivity index (χ4v) is 3.73. The SMILES string of the molecule is CN(C)CCN(C)c1ccc(N/C(=C2\C(=O)Nc3cc([N+](=O)[O-])ccc32)c2cccnc2)cc1. The van der Waals surface area contributed by atoms with Crippen LogP contribution in [0.3, 0.4) is 0 Å². The lowest BCUT2D eigenvalue weighted by Gasteiger charge is -2.22. The van der Waals surface area contributed by atoms with Crippen molar-refractivity contribution in [2.24, 2.45) is 0 Å². The van der Waals surface area contributed by atoms with E-state index in [1.165, 1.54) is 12.1 Å². The lowest BCUT2D eigenvalue weighted by Crippen LogP contribution is -2.28. The van der Waals surface area contributed by atoms with Gasteiger partial charge in [-0.1, -0.05) is 0 Å². The Labute approximate surface area is 197 Å². The number of carbonyl (C=O) groups excluding carboxylic acids is 1. The molecule has 0 fully saturated rings. The molecule has 9 nitrogen and oxygen atoms in total. The van der Waals surface area contributed by atoms with Crippen LogP contribution in [0.15, 0.2) is 67.0 Å². The number of fused-ring (bicyclic) bond motifs is 1. The van der Waals surface area contributed by atoms with E-state index in [0.29, 0.717) is 22.5 Å². The summed E-state index contributed by atoms with van der Waals surface area (Å²) in [6, 6.07) is 16.0. The molecule has 0 spiro atoms. The monoisotopic (exact) mass is 458 g/mol. The first kappa shape index (κ1) is 22.9. The van der Waals surface area contributed by atoms with E-state index in [1.807, 2.05) is 51.5 Å². The maximum Gasteiger partial charge on any atom is 0.271 e. The molecule has 0 saturated carbocycles. The van der Waals surface area contributed by atoms with E-state index in [0.717, 1.165) is 30.0 Å². The van der Waals surface area contributed by atoms with Crippen molar-refractivity contribution >= 4 is 39.9 Å². The smallest absolute Gasteiger partial charge is 0.271 e. The van der Waals surface area contributed by atoms with Crippen molar-refractivity contribution < 1.29 is 9.72 Å². The average molecular weight is 459 g/mol. The topological polar surface area (TPSA) is 104 Å². The fraction of sp³-hybridized carbons (Fsp3) is 0.200. The number of anilines is 3. The molecule has 2 aromatic carbocycles. The third-order valence-electron chi connectivity index (χ3n) is 5.62. The molecule has 2 heterocycles. The zero-order chi connectivity index (χ0) is 24.2. The van der Waals surface area contributed by atoms with Crippen LogP contribution >= 0.6 is 0 Å². The Hall–Kier alpha value is -4.24. The normalized spacial score (nSPS) is 13.9. The minimum Gasteiger partial charge on any atom is -0.373 e. The van der Waals surface area contributed by atoms with Crippen LogP contribution in [-0.2, 0) is 4.79 Å². The number of nitro groups is 1. The van der Waals surface area contributed by atoms with Crippen LogP contribution in [0, 0.1) is 10.1 Å². The predicted molar refractivity (Wildman–Crippen MR) is 135 cm³/mol. The number of rotatable bonds is 8. The van der Waals surface area contributed by atoms with E-state index in [4.69, 9.17) is 0 Å². The first-order valence-electron chi connectivity index (χ1n) is 10.8. The van der Waals surface area contributed by atoms with E-state index in [2.05, 4.69) is 25.4 Å². The zero-order valence-electron chi connectivity index (χ0n) is 19.3. The summed E-state index contributed by atoms with van der Waals surface area (Å²) in [5.74, 6) is -0.332. The summed E-state index contributed by atoms with van der Waals surface area (Å²) < 4.78 is 0. The van der Waals surface area contributed by atoms with E-state index < -0.39 is 4.92 Å². The molecule has 3 aromatic rings. The second kappa shape index (κ2) is 9.72. The summed E-state index contributed by atoms with van der Waals surface area (Å²) in [5, 5.41) is 17.3. The van der Waals surface area contributed by atoms with Gasteiger partial charge in [0.2, 0.25) is 0 Å². The molecule has 1 aliphatic heterocycles. The molecule has 0 aliphatic carbocycles. The van der Waals surface area contributed by atoms with Gasteiger partial charge in [-0.05, 0) is 56.6 Å². The highest BCUT2D eigenvalue weighted by Gasteiger charge is 2.30. The largest absolute Gasteiger partial charge is 0.373 e. The highest BCUT2D eigenvalue weighted by atomic mass is 16.6. The second-order valence-corrected chi connectivity index (χ2v) is 8.33. The van der Waals surface area contributed by atoms with Gasteiger partial charge in [-0.25, -0.2) is 0 Å². The van der Waals surface area contributed by atoms with E-state index >= 15 is 0 Å². The summed E-state index contributed by atoms with van der Waals surface area (Å²) in [7, 11) is 6.14. The number of aromatic nitrogens is 1. The number of amides is 1. The second-order valence-electron chi connectivity index (χ2n) is 8.33. The van der Waals surface area contributed by atoms with E-state index in [9.17, 15) is 14.9 Å². The van der Waals surface area contributed by atoms with Gasteiger partial charge < -0.3 is 20.4 Å². The van der Waals surface area contributed by atoms with Gasteiger partial charge in [0.25, 0.3) is 11.6 Å². The summed E-state index contributed by atoms with van der Waals surface area (Å²) in [4.78, 5) is 32.2. The molecule has 1 aromatic heterocycles. The highest BCUT2D eigenvalue weighted by Crippen LogP contribution is 2.39. The van der Waals surface area contributed by atoms with Crippen LogP contribution in [-0.4, -0.2) is 54.9 Å². The van der Waals surface area contributed by atoms with Gasteiger partial charge in [-0.3, -0.25) is 19.9 Å². The molecular formula is C25H26N6O3. The number of benzene rings is 2. The van der Waals surface area contributed by atoms with Gasteiger partial charge >= 0.3 is 0 Å². The van der Waals surface area contributed by atoms with Crippen LogP contribution in [0.5, 0.6) is 0 Å². The first-order valence-corrected chi connectivity index (χ1v) is 10.8. The number of nitrogens with one attached hydrogen (secondary N) is 2. The summed E-state index contributed by atoms with van der Waals surface area (Å²) in [6.45, 7) is 1.84. The van der Waals surface area contributed by atoms with Gasteiger partial charge in [0.15, 0.2) is 0 Å². The fourth-order valence-electron chi connectivity index (χ4n) is 3.73. The highest BCUT2D eigenvalue weighted by molar-refractivity contribution is 6.37. The van der Waals surface area contributed by atoms with Gasteiger partial charge in [-0.15, -0.1) is 0 Å². The number of non-ortho nitro benzene ring substituents is 1. The van der Waals surface area contributed by atoms with Crippen LogP contribution in [0.25, 0.3) is 11.3 Å². The Balaban J connectivity index is 1.70. The van der Waals surface area contributed by atoms with Crippen molar-refractivity contribution in [1.29, 1.82) is 0 Å². The maximum absolute atomic E-state index is 13.0. The van der Waals surface area contributed by atoms with Crippen molar-refractivity contribution in [3.63, 3.8) is 0 Å². The molecule has 0 radical (unpaired) electrons. The summed E-state index contributed by atoms with van der Waals surface area (Å²) in [5.41, 5.74) is 4.53. The van der Waals surface area contributed by atoms with E-state index in [1.54, 1.807) is 24.5 Å². The Bertz CT molecular complexity index is 1240. The van der Waals surface area contributed by atoms with Crippen LogP contribution in [0.1, 0.15) is 11.1 Å². The third kappa shape index (κ3) is 4.89. The van der Waals surface area contributed by atoms with Crippen molar-refractivity contribution in [1.82, 2.24) is 9.88 Å². The molecule has 0 bridgehead atoms. The molecule has 4 rings (SSSR count). The molecule has 1 amide bonds. The molecule has 174 valence electrons. The Morgan fingerprint density at radius 2 is 1.85 bits per heavy atom. The van der Waals surface area contributed by atoms with Crippen LogP contribution < -0.4 is 15.5 Å². The molecular weight excluding hydrogens is 432 g/mol. The van der Waals surface area contributed by atoms with Crippen molar-refractivity contribution in [2.45, 2.75) is 0 Å². The number of carbonyl (C=O) groups is 1. The van der Waals surface area contributed by atoms with Gasteiger partial charge in [-0.2, -0.15) is 0 Å². The van der Waals surface area contributed by atoms with Gasteiger partial charge in [0.05, 0.1) is 21.9 Å². The van der Waals surface area contributed by atoms with Gasteiger partial charge in [0.1, 0.15) is 0 Å². The summed E-state index contributed by atoms with van der Waals surface area (Å²) >= 11 is 0. The number of pyridine rings is 1. The lowest BCUT2D eigenvalue weighted by atomic mass is 10.0. The Morgan fingerprint density at radius 3 is 2.50 bits per heavy atom. The van der Waals surface area contributed by atoms with Crippen LogP contribution in [0.4, 0.5) is 22.7 Å². The number of hydrogen-bond donors (Lipinski definition) is 2. The van der Waals surface area contributed by atoms with Crippen LogP contribution in [0.2, 0.25) is 0 Å². The minimum atomic E-state index is -0.481.